The zero-order valence-electron chi connectivity index (χ0n) is 11.3. The third-order valence-corrected chi connectivity index (χ3v) is 2.75. The van der Waals surface area contributed by atoms with Gasteiger partial charge < -0.3 is 5.32 Å². The van der Waals surface area contributed by atoms with Crippen LogP contribution in [-0.4, -0.2) is 42.8 Å². The molecule has 1 unspecified atom stereocenters. The summed E-state index contributed by atoms with van der Waals surface area (Å²) in [5.74, 6) is 0. The molecule has 104 valence electrons. The molecule has 0 fully saturated rings. The minimum Gasteiger partial charge on any atom is -0.315 e. The molecule has 0 aliphatic carbocycles. The summed E-state index contributed by atoms with van der Waals surface area (Å²) in [6.45, 7) is 8.30. The lowest BCUT2D eigenvalue weighted by Gasteiger charge is -2.27. The molecular formula is C12H25F3N2. The molecule has 0 aromatic carbocycles. The van der Waals surface area contributed by atoms with Crippen LogP contribution in [-0.2, 0) is 0 Å². The van der Waals surface area contributed by atoms with Crippen molar-refractivity contribution in [2.75, 3.05) is 19.6 Å². The van der Waals surface area contributed by atoms with Gasteiger partial charge >= 0.3 is 6.18 Å². The summed E-state index contributed by atoms with van der Waals surface area (Å²) in [4.78, 5) is 1.48. The van der Waals surface area contributed by atoms with Gasteiger partial charge in [0.25, 0.3) is 0 Å². The lowest BCUT2D eigenvalue weighted by atomic mass is 10.1. The lowest BCUT2D eigenvalue weighted by Crippen LogP contribution is -2.40. The van der Waals surface area contributed by atoms with Gasteiger partial charge in [0, 0.05) is 12.1 Å². The van der Waals surface area contributed by atoms with Gasteiger partial charge in [0.05, 0.1) is 6.54 Å². The Morgan fingerprint density at radius 1 is 1.18 bits per heavy atom. The smallest absolute Gasteiger partial charge is 0.315 e. The predicted octanol–water partition coefficient (Wildman–Crippen LogP) is 3.04. The Morgan fingerprint density at radius 2 is 1.76 bits per heavy atom. The number of halogens is 3. The fourth-order valence-corrected chi connectivity index (χ4v) is 1.80. The molecule has 0 saturated carbocycles. The Morgan fingerprint density at radius 3 is 2.18 bits per heavy atom. The highest BCUT2D eigenvalue weighted by molar-refractivity contribution is 4.69. The minimum atomic E-state index is -4.10. The van der Waals surface area contributed by atoms with Gasteiger partial charge in [-0.2, -0.15) is 13.2 Å². The highest BCUT2D eigenvalue weighted by atomic mass is 19.4. The number of hydrogen-bond acceptors (Lipinski definition) is 2. The number of rotatable bonds is 8. The molecule has 5 heteroatoms. The van der Waals surface area contributed by atoms with Crippen LogP contribution in [0.3, 0.4) is 0 Å². The summed E-state index contributed by atoms with van der Waals surface area (Å²) in [5, 5.41) is 3.26. The molecule has 17 heavy (non-hydrogen) atoms. The number of nitrogens with one attached hydrogen (secondary N) is 1. The molecule has 0 bridgehead atoms. The van der Waals surface area contributed by atoms with E-state index in [1.807, 2.05) is 6.92 Å². The molecule has 2 nitrogen and oxygen atoms in total. The highest BCUT2D eigenvalue weighted by Crippen LogP contribution is 2.18. The van der Waals surface area contributed by atoms with Gasteiger partial charge in [-0.25, -0.2) is 0 Å². The van der Waals surface area contributed by atoms with Crippen LogP contribution in [0.4, 0.5) is 13.2 Å². The summed E-state index contributed by atoms with van der Waals surface area (Å²) in [6, 6.07) is 0.311. The number of hydrogen-bond donors (Lipinski definition) is 1. The van der Waals surface area contributed by atoms with Crippen molar-refractivity contribution in [2.45, 2.75) is 58.8 Å². The minimum absolute atomic E-state index is 0.0638. The quantitative estimate of drug-likeness (QED) is 0.716. The number of nitrogens with zero attached hydrogens (tertiary/aromatic N) is 1. The van der Waals surface area contributed by atoms with E-state index in [-0.39, 0.29) is 6.04 Å². The van der Waals surface area contributed by atoms with E-state index in [1.165, 1.54) is 4.90 Å². The Kier molecular flexibility index (Phi) is 7.79. The Balaban J connectivity index is 3.94. The van der Waals surface area contributed by atoms with Crippen LogP contribution in [0.5, 0.6) is 0 Å². The molecule has 0 rings (SSSR count). The van der Waals surface area contributed by atoms with Crippen molar-refractivity contribution in [1.82, 2.24) is 10.2 Å². The maximum atomic E-state index is 12.3. The van der Waals surface area contributed by atoms with E-state index in [2.05, 4.69) is 12.2 Å². The van der Waals surface area contributed by atoms with Crippen molar-refractivity contribution in [3.8, 4) is 0 Å². The fourth-order valence-electron chi connectivity index (χ4n) is 1.80. The highest BCUT2D eigenvalue weighted by Gasteiger charge is 2.31. The average molecular weight is 254 g/mol. The molecule has 0 spiro atoms. The zero-order valence-corrected chi connectivity index (χ0v) is 11.3. The van der Waals surface area contributed by atoms with Gasteiger partial charge in [0.15, 0.2) is 0 Å². The Bertz CT molecular complexity index is 193. The van der Waals surface area contributed by atoms with E-state index in [1.54, 1.807) is 13.8 Å². The molecular weight excluding hydrogens is 229 g/mol. The van der Waals surface area contributed by atoms with Crippen LogP contribution in [0, 0.1) is 0 Å². The first-order chi connectivity index (χ1) is 7.76. The third kappa shape index (κ3) is 9.41. The molecule has 0 amide bonds. The van der Waals surface area contributed by atoms with E-state index in [0.717, 1.165) is 19.4 Å². The van der Waals surface area contributed by atoms with E-state index >= 15 is 0 Å². The summed E-state index contributed by atoms with van der Waals surface area (Å²) in [5.41, 5.74) is 0. The summed E-state index contributed by atoms with van der Waals surface area (Å²) in [6.07, 6.45) is -2.39. The standard InChI is InChI=1S/C12H25F3N2/c1-5-16-11(4)7-6-8-17(10(2)3)9-12(13,14)15/h10-11,16H,5-9H2,1-4H3. The van der Waals surface area contributed by atoms with Crippen LogP contribution >= 0.6 is 0 Å². The molecule has 0 saturated heterocycles. The summed E-state index contributed by atoms with van der Waals surface area (Å²) >= 11 is 0. The molecule has 0 aromatic rings. The molecule has 1 N–H and O–H groups in total. The maximum Gasteiger partial charge on any atom is 0.401 e. The van der Waals surface area contributed by atoms with Crippen LogP contribution in [0.25, 0.3) is 0 Å². The Labute approximate surface area is 103 Å². The van der Waals surface area contributed by atoms with E-state index in [4.69, 9.17) is 0 Å². The van der Waals surface area contributed by atoms with E-state index in [0.29, 0.717) is 12.6 Å². The Hall–Kier alpha value is -0.290. The topological polar surface area (TPSA) is 15.3 Å². The molecule has 1 atom stereocenters. The van der Waals surface area contributed by atoms with Gasteiger partial charge in [-0.05, 0) is 46.7 Å². The van der Waals surface area contributed by atoms with Crippen molar-refractivity contribution in [1.29, 1.82) is 0 Å². The van der Waals surface area contributed by atoms with Crippen LogP contribution in [0.1, 0.15) is 40.5 Å². The second-order valence-corrected chi connectivity index (χ2v) is 4.78. The number of alkyl halides is 3. The summed E-state index contributed by atoms with van der Waals surface area (Å²) < 4.78 is 37.0. The zero-order chi connectivity index (χ0) is 13.5. The van der Waals surface area contributed by atoms with Crippen molar-refractivity contribution in [3.63, 3.8) is 0 Å². The van der Waals surface area contributed by atoms with Gasteiger partial charge in [-0.1, -0.05) is 6.92 Å². The average Bonchev–Trinajstić information content (AvgIpc) is 2.14. The van der Waals surface area contributed by atoms with Gasteiger partial charge in [0.1, 0.15) is 0 Å². The molecule has 0 aliphatic heterocycles. The van der Waals surface area contributed by atoms with Crippen LogP contribution < -0.4 is 5.32 Å². The van der Waals surface area contributed by atoms with Crippen molar-refractivity contribution in [2.24, 2.45) is 0 Å². The van der Waals surface area contributed by atoms with Crippen molar-refractivity contribution in [3.05, 3.63) is 0 Å². The van der Waals surface area contributed by atoms with Gasteiger partial charge in [-0.15, -0.1) is 0 Å². The first kappa shape index (κ1) is 16.7. The van der Waals surface area contributed by atoms with Crippen molar-refractivity contribution >= 4 is 0 Å². The van der Waals surface area contributed by atoms with E-state index in [9.17, 15) is 13.2 Å². The van der Waals surface area contributed by atoms with Crippen LogP contribution in [0.15, 0.2) is 0 Å². The monoisotopic (exact) mass is 254 g/mol. The first-order valence-corrected chi connectivity index (χ1v) is 6.30. The maximum absolute atomic E-state index is 12.3. The molecule has 0 aliphatic rings. The lowest BCUT2D eigenvalue weighted by molar-refractivity contribution is -0.149. The van der Waals surface area contributed by atoms with Gasteiger partial charge in [0.2, 0.25) is 0 Å². The normalized spacial score (nSPS) is 14.6. The van der Waals surface area contributed by atoms with Gasteiger partial charge in [-0.3, -0.25) is 4.90 Å². The molecule has 0 aromatic heterocycles. The van der Waals surface area contributed by atoms with Crippen LogP contribution in [0.2, 0.25) is 0 Å². The summed E-state index contributed by atoms with van der Waals surface area (Å²) in [7, 11) is 0. The predicted molar refractivity (Wildman–Crippen MR) is 65.1 cm³/mol. The fraction of sp³-hybridized carbons (Fsp3) is 1.00. The second kappa shape index (κ2) is 7.93. The van der Waals surface area contributed by atoms with E-state index < -0.39 is 12.7 Å². The first-order valence-electron chi connectivity index (χ1n) is 6.30. The SMILES string of the molecule is CCNC(C)CCCN(CC(F)(F)F)C(C)C. The third-order valence-electron chi connectivity index (χ3n) is 2.75. The second-order valence-electron chi connectivity index (χ2n) is 4.78. The molecule has 0 radical (unpaired) electrons. The largest absolute Gasteiger partial charge is 0.401 e. The molecule has 0 heterocycles. The van der Waals surface area contributed by atoms with Crippen molar-refractivity contribution < 1.29 is 13.2 Å².